The van der Waals surface area contributed by atoms with Gasteiger partial charge in [-0.05, 0) is 36.8 Å². The average molecular weight is 526 g/mol. The quantitative estimate of drug-likeness (QED) is 0.148. The van der Waals surface area contributed by atoms with Crippen molar-refractivity contribution in [1.29, 1.82) is 0 Å². The molecule has 0 aliphatic rings. The van der Waals surface area contributed by atoms with Crippen LogP contribution in [0.2, 0.25) is 0 Å². The monoisotopic (exact) mass is 525 g/mol. The van der Waals surface area contributed by atoms with E-state index in [2.05, 4.69) is 90.0 Å². The first kappa shape index (κ1) is 25.5. The molecule has 4 aromatic rings. The van der Waals surface area contributed by atoms with Crippen molar-refractivity contribution in [2.24, 2.45) is 0 Å². The molecule has 0 amide bonds. The number of carbonyl (C=O) groups excluding carboxylic acids is 1. The highest BCUT2D eigenvalue weighted by Gasteiger charge is 2.18. The van der Waals surface area contributed by atoms with E-state index in [0.717, 1.165) is 25.9 Å². The number of imidazole rings is 1. The van der Waals surface area contributed by atoms with E-state index >= 15 is 0 Å². The first-order chi connectivity index (χ1) is 15.9. The molecule has 2 aromatic heterocycles. The number of fused-ring (bicyclic) bond motifs is 2. The minimum atomic E-state index is -0.352. The summed E-state index contributed by atoms with van der Waals surface area (Å²) in [6, 6.07) is 15.5. The zero-order valence-electron chi connectivity index (χ0n) is 20.5. The van der Waals surface area contributed by atoms with Gasteiger partial charge in [0.2, 0.25) is 11.0 Å². The van der Waals surface area contributed by atoms with Gasteiger partial charge in [0.1, 0.15) is 12.2 Å². The summed E-state index contributed by atoms with van der Waals surface area (Å²) in [6.45, 7) is 1.60. The van der Waals surface area contributed by atoms with Gasteiger partial charge in [0.05, 0.1) is 19.6 Å². The van der Waals surface area contributed by atoms with E-state index in [4.69, 9.17) is 4.74 Å². The lowest BCUT2D eigenvalue weighted by Gasteiger charge is -2.15. The predicted molar refractivity (Wildman–Crippen MR) is 133 cm³/mol. The molecule has 0 spiro atoms. The van der Waals surface area contributed by atoms with E-state index in [1.54, 1.807) is 12.5 Å². The zero-order chi connectivity index (χ0) is 23.5. The van der Waals surface area contributed by atoms with Crippen molar-refractivity contribution in [3.05, 3.63) is 60.7 Å². The van der Waals surface area contributed by atoms with Gasteiger partial charge in [0, 0.05) is 75.4 Å². The second-order valence-electron chi connectivity index (χ2n) is 8.74. The maximum absolute atomic E-state index is 11.9. The van der Waals surface area contributed by atoms with Crippen LogP contribution in [0.25, 0.3) is 21.8 Å². The molecule has 8 heteroatoms. The van der Waals surface area contributed by atoms with Crippen LogP contribution >= 0.6 is 0 Å². The van der Waals surface area contributed by atoms with Crippen molar-refractivity contribution >= 4 is 39.1 Å². The van der Waals surface area contributed by atoms with Crippen LogP contribution in [-0.2, 0) is 17.8 Å². The number of methoxy groups -OCH3 is 1. The average Bonchev–Trinajstić information content (AvgIpc) is 3.28. The number of halogens is 1. The maximum Gasteiger partial charge on any atom is 0.356 e. The Hall–Kier alpha value is -3.13. The molecule has 0 radical (unpaired) electrons. The molecule has 2 heterocycles. The summed E-state index contributed by atoms with van der Waals surface area (Å²) < 4.78 is 9.15. The molecule has 0 aliphatic heterocycles. The van der Waals surface area contributed by atoms with Crippen LogP contribution in [0.4, 0.5) is 11.4 Å². The van der Waals surface area contributed by atoms with Crippen molar-refractivity contribution in [2.45, 2.75) is 25.9 Å². The highest BCUT2D eigenvalue weighted by Crippen LogP contribution is 2.25. The number of carbonyl (C=O) groups is 1. The minimum Gasteiger partial charge on any atom is -1.00 e. The van der Waals surface area contributed by atoms with E-state index in [-0.39, 0.29) is 23.0 Å². The van der Waals surface area contributed by atoms with Gasteiger partial charge in [-0.1, -0.05) is 0 Å². The highest BCUT2D eigenvalue weighted by atomic mass is 79.9. The number of benzene rings is 2. The molecule has 180 valence electrons. The van der Waals surface area contributed by atoms with Crippen LogP contribution in [-0.4, -0.2) is 50.8 Å². The van der Waals surface area contributed by atoms with Gasteiger partial charge in [0.25, 0.3) is 0 Å². The molecule has 0 aliphatic carbocycles. The highest BCUT2D eigenvalue weighted by molar-refractivity contribution is 5.91. The molecule has 0 saturated carbocycles. The summed E-state index contributed by atoms with van der Waals surface area (Å²) in [5, 5.41) is 2.46. The summed E-state index contributed by atoms with van der Waals surface area (Å²) in [5.41, 5.74) is 5.30. The van der Waals surface area contributed by atoms with Crippen LogP contribution < -0.4 is 31.3 Å². The third-order valence-electron chi connectivity index (χ3n) is 6.09. The lowest BCUT2D eigenvalue weighted by molar-refractivity contribution is -0.645. The molecule has 0 N–H and O–H groups in total. The van der Waals surface area contributed by atoms with Gasteiger partial charge < -0.3 is 36.1 Å². The molecule has 0 unspecified atom stereocenters. The van der Waals surface area contributed by atoms with Crippen LogP contribution in [0.5, 0.6) is 0 Å². The lowest BCUT2D eigenvalue weighted by Crippen LogP contribution is -3.00. The van der Waals surface area contributed by atoms with Crippen molar-refractivity contribution in [3.63, 3.8) is 0 Å². The Kier molecular flexibility index (Phi) is 8.15. The first-order valence-corrected chi connectivity index (χ1v) is 11.2. The number of hydrogen-bond donors (Lipinski definition) is 0. The Labute approximate surface area is 211 Å². The van der Waals surface area contributed by atoms with Crippen molar-refractivity contribution in [3.8, 4) is 0 Å². The normalized spacial score (nSPS) is 10.9. The molecular formula is C26H32BrN5O2. The Morgan fingerprint density at radius 2 is 1.53 bits per heavy atom. The van der Waals surface area contributed by atoms with E-state index in [1.165, 1.54) is 40.3 Å². The van der Waals surface area contributed by atoms with Crippen molar-refractivity contribution < 1.29 is 31.1 Å². The number of unbranched alkanes of at least 4 members (excludes halogenated alkanes) is 1. The van der Waals surface area contributed by atoms with Crippen LogP contribution in [0, 0.1) is 0 Å². The number of anilines is 2. The molecule has 34 heavy (non-hydrogen) atoms. The molecule has 0 atom stereocenters. The number of rotatable bonds is 8. The Morgan fingerprint density at radius 3 is 2.06 bits per heavy atom. The third-order valence-corrected chi connectivity index (χ3v) is 6.09. The number of pyridine rings is 1. The Bertz CT molecular complexity index is 1230. The van der Waals surface area contributed by atoms with Gasteiger partial charge in [-0.25, -0.2) is 9.78 Å². The van der Waals surface area contributed by atoms with Crippen molar-refractivity contribution in [2.75, 3.05) is 45.1 Å². The largest absolute Gasteiger partial charge is 1.00 e. The summed E-state index contributed by atoms with van der Waals surface area (Å²) in [4.78, 5) is 20.3. The number of aryl methyl sites for hydroxylation is 2. The van der Waals surface area contributed by atoms with E-state index in [1.807, 2.05) is 4.57 Å². The van der Waals surface area contributed by atoms with Crippen LogP contribution in [0.15, 0.2) is 55.0 Å². The van der Waals surface area contributed by atoms with E-state index in [0.29, 0.717) is 5.69 Å². The van der Waals surface area contributed by atoms with Gasteiger partial charge >= 0.3 is 5.97 Å². The zero-order valence-corrected chi connectivity index (χ0v) is 22.0. The number of ether oxygens (including phenoxy) is 1. The lowest BCUT2D eigenvalue weighted by atomic mass is 10.1. The van der Waals surface area contributed by atoms with Gasteiger partial charge in [-0.3, -0.25) is 0 Å². The summed E-state index contributed by atoms with van der Waals surface area (Å²) in [6.07, 6.45) is 5.14. The number of hydrogen-bond acceptors (Lipinski definition) is 5. The molecule has 7 nitrogen and oxygen atoms in total. The maximum atomic E-state index is 11.9. The van der Waals surface area contributed by atoms with Crippen LogP contribution in [0.3, 0.4) is 0 Å². The summed E-state index contributed by atoms with van der Waals surface area (Å²) >= 11 is 0. The topological polar surface area (TPSA) is 54.5 Å². The molecular weight excluding hydrogens is 494 g/mol. The fraction of sp³-hybridized carbons (Fsp3) is 0.346. The minimum absolute atomic E-state index is 0. The van der Waals surface area contributed by atoms with Gasteiger partial charge in [-0.15, -0.1) is 0 Å². The number of nitrogens with zero attached hydrogens (tertiary/aromatic N) is 5. The SMILES string of the molecule is COC(=O)c1cncn1CCCC[n+]1c2cc(N(C)C)ccc2cc2ccc(N(C)C)cc21.[Br-]. The van der Waals surface area contributed by atoms with Crippen molar-refractivity contribution in [1.82, 2.24) is 9.55 Å². The molecule has 0 saturated heterocycles. The van der Waals surface area contributed by atoms with Crippen LogP contribution in [0.1, 0.15) is 23.3 Å². The number of esters is 1. The second-order valence-corrected chi connectivity index (χ2v) is 8.74. The fourth-order valence-corrected chi connectivity index (χ4v) is 4.20. The first-order valence-electron chi connectivity index (χ1n) is 11.2. The smallest absolute Gasteiger partial charge is 0.356 e. The molecule has 0 bridgehead atoms. The Balaban J connectivity index is 0.00000324. The van der Waals surface area contributed by atoms with E-state index in [9.17, 15) is 4.79 Å². The standard InChI is InChI=1S/C26H32N5O2.BrH/c1-28(2)21-10-8-19-14-20-9-11-22(29(3)4)16-24(20)31(23(19)15-21)13-7-6-12-30-18-27-17-25(30)26(32)33-5;/h8-11,14-18H,6-7,12-13H2,1-5H3;1H/q+1;/p-1. The molecule has 4 rings (SSSR count). The number of aromatic nitrogens is 3. The second kappa shape index (κ2) is 10.9. The molecule has 0 fully saturated rings. The summed E-state index contributed by atoms with van der Waals surface area (Å²) in [5.74, 6) is -0.352. The molecule has 2 aromatic carbocycles. The third kappa shape index (κ3) is 5.17. The summed E-state index contributed by atoms with van der Waals surface area (Å²) in [7, 11) is 9.68. The van der Waals surface area contributed by atoms with E-state index < -0.39 is 0 Å². The van der Waals surface area contributed by atoms with Gasteiger partial charge in [-0.2, -0.15) is 4.57 Å². The predicted octanol–water partition coefficient (Wildman–Crippen LogP) is 0.880. The Morgan fingerprint density at radius 1 is 0.941 bits per heavy atom. The fourth-order valence-electron chi connectivity index (χ4n) is 4.20. The van der Waals surface area contributed by atoms with Gasteiger partial charge in [0.15, 0.2) is 0 Å².